The normalized spacial score (nSPS) is 14.7. The summed E-state index contributed by atoms with van der Waals surface area (Å²) >= 11 is 0. The molecule has 9 heteroatoms. The molecular weight excluding hydrogens is 695 g/mol. The number of phosphoric ester groups is 1. The number of nitrogens with one attached hydrogen (secondary N) is 1. The minimum absolute atomic E-state index is 0.00907. The van der Waals surface area contributed by atoms with Crippen LogP contribution in [0, 0.1) is 0 Å². The summed E-state index contributed by atoms with van der Waals surface area (Å²) in [4.78, 5) is 25.2. The van der Waals surface area contributed by atoms with E-state index in [0.717, 1.165) is 32.1 Å². The van der Waals surface area contributed by atoms with E-state index in [4.69, 9.17) is 9.05 Å². The van der Waals surface area contributed by atoms with Crippen LogP contribution in [0.4, 0.5) is 0 Å². The highest BCUT2D eigenvalue weighted by Crippen LogP contribution is 2.38. The van der Waals surface area contributed by atoms with Crippen LogP contribution in [-0.2, 0) is 18.4 Å². The first-order valence-electron chi connectivity index (χ1n) is 22.4. The number of allylic oxidation sites excluding steroid dienone is 5. The number of amides is 1. The number of nitrogens with zero attached hydrogens (tertiary/aromatic N) is 1. The Morgan fingerprint density at radius 2 is 1.07 bits per heavy atom. The number of phosphoric acid groups is 1. The van der Waals surface area contributed by atoms with Gasteiger partial charge in [-0.25, -0.2) is 0 Å². The van der Waals surface area contributed by atoms with Gasteiger partial charge in [0.1, 0.15) is 13.2 Å². The summed E-state index contributed by atoms with van der Waals surface area (Å²) in [7, 11) is 1.23. The molecule has 0 rings (SSSR count). The molecule has 2 N–H and O–H groups in total. The van der Waals surface area contributed by atoms with E-state index >= 15 is 0 Å². The van der Waals surface area contributed by atoms with Gasteiger partial charge in [-0.1, -0.05) is 179 Å². The monoisotopic (exact) mass is 783 g/mol. The summed E-state index contributed by atoms with van der Waals surface area (Å²) in [6.45, 7) is 4.56. The van der Waals surface area contributed by atoms with Crippen LogP contribution in [0.3, 0.4) is 0 Å². The molecule has 0 radical (unpaired) electrons. The molecule has 0 aromatic heterocycles. The largest absolute Gasteiger partial charge is 0.756 e. The summed E-state index contributed by atoms with van der Waals surface area (Å²) in [5, 5.41) is 13.6. The van der Waals surface area contributed by atoms with Gasteiger partial charge in [0.2, 0.25) is 5.91 Å². The SMILES string of the molecule is CCCCCCC/C=C/C=C/[C@@H](O)[C@H](COP(=O)([O-])OCC[N+](C)(C)C)NC(=O)CCCCCCCCCCCCCCC/C=C/CCCCCCCC. The molecule has 0 aromatic carbocycles. The van der Waals surface area contributed by atoms with Crippen LogP contribution in [-0.4, -0.2) is 68.5 Å². The molecule has 1 unspecified atom stereocenters. The second-order valence-electron chi connectivity index (χ2n) is 16.4. The second-order valence-corrected chi connectivity index (χ2v) is 17.8. The Morgan fingerprint density at radius 3 is 1.54 bits per heavy atom. The molecule has 0 saturated heterocycles. The molecule has 0 bridgehead atoms. The first-order chi connectivity index (χ1) is 26.0. The van der Waals surface area contributed by atoms with E-state index in [0.29, 0.717) is 17.4 Å². The lowest BCUT2D eigenvalue weighted by molar-refractivity contribution is -0.870. The Balaban J connectivity index is 4.22. The third kappa shape index (κ3) is 39.0. The lowest BCUT2D eigenvalue weighted by Crippen LogP contribution is -2.45. The fourth-order valence-electron chi connectivity index (χ4n) is 6.26. The van der Waals surface area contributed by atoms with Crippen molar-refractivity contribution in [1.29, 1.82) is 0 Å². The Morgan fingerprint density at radius 1 is 0.648 bits per heavy atom. The Labute approximate surface area is 334 Å². The maximum atomic E-state index is 12.8. The maximum Gasteiger partial charge on any atom is 0.268 e. The molecule has 0 heterocycles. The number of hydrogen-bond donors (Lipinski definition) is 2. The Bertz CT molecular complexity index is 980. The van der Waals surface area contributed by atoms with Gasteiger partial charge in [-0.15, -0.1) is 0 Å². The third-order valence-corrected chi connectivity index (χ3v) is 10.8. The third-order valence-electron chi connectivity index (χ3n) is 9.88. The highest BCUT2D eigenvalue weighted by Gasteiger charge is 2.23. The van der Waals surface area contributed by atoms with Crippen molar-refractivity contribution in [3.8, 4) is 0 Å². The first-order valence-corrected chi connectivity index (χ1v) is 23.8. The van der Waals surface area contributed by atoms with Crippen LogP contribution >= 0.6 is 7.82 Å². The lowest BCUT2D eigenvalue weighted by atomic mass is 10.0. The van der Waals surface area contributed by atoms with Crippen LogP contribution in [0.2, 0.25) is 0 Å². The Kier molecular flexibility index (Phi) is 36.4. The zero-order chi connectivity index (χ0) is 40.0. The fraction of sp³-hybridized carbons (Fsp3) is 0.844. The number of aliphatic hydroxyl groups is 1. The average molecular weight is 783 g/mol. The summed E-state index contributed by atoms with van der Waals surface area (Å²) in [6, 6.07) is -0.915. The molecule has 318 valence electrons. The molecule has 8 nitrogen and oxygen atoms in total. The topological polar surface area (TPSA) is 108 Å². The van der Waals surface area contributed by atoms with Crippen molar-refractivity contribution in [3.05, 3.63) is 36.5 Å². The van der Waals surface area contributed by atoms with Gasteiger partial charge >= 0.3 is 0 Å². The molecule has 0 aliphatic rings. The van der Waals surface area contributed by atoms with Crippen molar-refractivity contribution in [2.45, 2.75) is 206 Å². The minimum atomic E-state index is -4.59. The molecule has 3 atom stereocenters. The van der Waals surface area contributed by atoms with Crippen molar-refractivity contribution >= 4 is 13.7 Å². The van der Waals surface area contributed by atoms with Crippen molar-refractivity contribution in [1.82, 2.24) is 5.32 Å². The number of carbonyl (C=O) groups is 1. The summed E-state index contributed by atoms with van der Waals surface area (Å²) in [5.74, 6) is -0.217. The first kappa shape index (κ1) is 52.7. The molecule has 0 aliphatic heterocycles. The quantitative estimate of drug-likeness (QED) is 0.0211. The molecule has 1 amide bonds. The number of unbranched alkanes of at least 4 members (excludes halogenated alkanes) is 24. The van der Waals surface area contributed by atoms with Gasteiger partial charge in [0.05, 0.1) is 39.9 Å². The van der Waals surface area contributed by atoms with Crippen LogP contribution in [0.5, 0.6) is 0 Å². The van der Waals surface area contributed by atoms with Crippen LogP contribution in [0.1, 0.15) is 194 Å². The van der Waals surface area contributed by atoms with Crippen molar-refractivity contribution < 1.29 is 32.9 Å². The number of rotatable bonds is 40. The van der Waals surface area contributed by atoms with Gasteiger partial charge in [-0.2, -0.15) is 0 Å². The summed E-state index contributed by atoms with van der Waals surface area (Å²) in [5.41, 5.74) is 0. The maximum absolute atomic E-state index is 12.8. The number of quaternary nitrogens is 1. The summed E-state index contributed by atoms with van der Waals surface area (Å²) in [6.07, 6.45) is 45.1. The molecule has 54 heavy (non-hydrogen) atoms. The van der Waals surface area contributed by atoms with Crippen molar-refractivity contribution in [2.75, 3.05) is 40.9 Å². The second kappa shape index (κ2) is 37.3. The Hall–Kier alpha value is -1.28. The highest BCUT2D eigenvalue weighted by molar-refractivity contribution is 7.45. The van der Waals surface area contributed by atoms with Gasteiger partial charge in [0, 0.05) is 6.42 Å². The van der Waals surface area contributed by atoms with E-state index in [1.54, 1.807) is 12.2 Å². The van der Waals surface area contributed by atoms with Crippen molar-refractivity contribution in [3.63, 3.8) is 0 Å². The van der Waals surface area contributed by atoms with E-state index in [9.17, 15) is 19.4 Å². The van der Waals surface area contributed by atoms with Gasteiger partial charge in [0.25, 0.3) is 7.82 Å². The fourth-order valence-corrected chi connectivity index (χ4v) is 6.99. The van der Waals surface area contributed by atoms with Gasteiger partial charge in [-0.3, -0.25) is 9.36 Å². The minimum Gasteiger partial charge on any atom is -0.756 e. The highest BCUT2D eigenvalue weighted by atomic mass is 31.2. The zero-order valence-electron chi connectivity index (χ0n) is 35.9. The molecule has 0 saturated carbocycles. The van der Waals surface area contributed by atoms with Gasteiger partial charge < -0.3 is 28.8 Å². The van der Waals surface area contributed by atoms with Gasteiger partial charge in [-0.05, 0) is 44.9 Å². The van der Waals surface area contributed by atoms with E-state index in [1.807, 2.05) is 27.2 Å². The number of hydrogen-bond acceptors (Lipinski definition) is 6. The molecule has 0 aliphatic carbocycles. The van der Waals surface area contributed by atoms with E-state index in [1.165, 1.54) is 141 Å². The van der Waals surface area contributed by atoms with Gasteiger partial charge in [0.15, 0.2) is 0 Å². The standard InChI is InChI=1S/C45H87N2O6P/c1-6-8-10-12-14-16-17-18-19-20-21-22-23-24-25-26-27-28-29-31-33-35-37-39-45(49)46-43(42-53-54(50,51)52-41-40-47(3,4)5)44(48)38-36-34-32-30-15-13-11-9-7-2/h18-19,32,34,36,38,43-44,48H,6-17,20-31,33,35,37,39-42H2,1-5H3,(H-,46,49,50,51)/b19-18+,34-32+,38-36+/t43-,44+/m0/s1. The predicted molar refractivity (Wildman–Crippen MR) is 228 cm³/mol. The molecule has 0 fully saturated rings. The molecule has 0 aromatic rings. The lowest BCUT2D eigenvalue weighted by Gasteiger charge is -2.29. The molecule has 0 spiro atoms. The van der Waals surface area contributed by atoms with E-state index < -0.39 is 26.6 Å². The van der Waals surface area contributed by atoms with Crippen LogP contribution in [0.25, 0.3) is 0 Å². The average Bonchev–Trinajstić information content (AvgIpc) is 3.12. The van der Waals surface area contributed by atoms with Crippen molar-refractivity contribution in [2.24, 2.45) is 0 Å². The number of aliphatic hydroxyl groups excluding tert-OH is 1. The predicted octanol–water partition coefficient (Wildman–Crippen LogP) is 11.7. The number of likely N-dealkylation sites (N-methyl/N-ethyl adjacent to an activating group) is 1. The smallest absolute Gasteiger partial charge is 0.268 e. The van der Waals surface area contributed by atoms with E-state index in [2.05, 4.69) is 37.4 Å². The van der Waals surface area contributed by atoms with Crippen LogP contribution in [0.15, 0.2) is 36.5 Å². The van der Waals surface area contributed by atoms with Crippen LogP contribution < -0.4 is 10.2 Å². The molecular formula is C45H87N2O6P. The number of carbonyl (C=O) groups excluding carboxylic acids is 1. The zero-order valence-corrected chi connectivity index (χ0v) is 36.8. The van der Waals surface area contributed by atoms with E-state index in [-0.39, 0.29) is 12.5 Å². The summed E-state index contributed by atoms with van der Waals surface area (Å²) < 4.78 is 23.1.